The summed E-state index contributed by atoms with van der Waals surface area (Å²) in [6.45, 7) is 0. The number of nitrogens with zero attached hydrogens (tertiary/aromatic N) is 2. The van der Waals surface area contributed by atoms with Gasteiger partial charge in [-0.25, -0.2) is 4.57 Å². The molecular weight excluding hydrogens is 251 g/mol. The zero-order valence-corrected chi connectivity index (χ0v) is 10.00. The summed E-state index contributed by atoms with van der Waals surface area (Å²) in [5.74, 6) is -0.117. The normalized spacial score (nSPS) is 11.1. The van der Waals surface area contributed by atoms with Crippen LogP contribution < -0.4 is 9.42 Å². The lowest BCUT2D eigenvalue weighted by Crippen LogP contribution is -2.10. The number of nitro benzene ring substituents is 1. The Bertz CT molecular complexity index is 483. The predicted molar refractivity (Wildman–Crippen MR) is 60.1 cm³/mol. The topological polar surface area (TPSA) is 113 Å². The van der Waals surface area contributed by atoms with Crippen LogP contribution in [-0.2, 0) is 4.57 Å². The second-order valence-electron chi connectivity index (χ2n) is 3.39. The van der Waals surface area contributed by atoms with E-state index in [1.807, 2.05) is 0 Å². The summed E-state index contributed by atoms with van der Waals surface area (Å²) in [4.78, 5) is 28.8. The Labute approximate surface area is 96.8 Å². The maximum Gasteiger partial charge on any atom is 0.524 e. The van der Waals surface area contributed by atoms with Gasteiger partial charge in [-0.15, -0.1) is 0 Å². The molecule has 1 aromatic carbocycles. The molecule has 0 spiro atoms. The Morgan fingerprint density at radius 1 is 1.41 bits per heavy atom. The molecule has 0 fully saturated rings. The molecule has 0 aliphatic rings. The molecule has 0 unspecified atom stereocenters. The highest BCUT2D eigenvalue weighted by Crippen LogP contribution is 2.42. The Hall–Kier alpha value is -1.63. The SMILES string of the molecule is CN(C)c1cc([N+](=O)[O-])ccc1OP(=O)(O)O. The lowest BCUT2D eigenvalue weighted by atomic mass is 10.2. The fourth-order valence-corrected chi connectivity index (χ4v) is 1.58. The number of non-ortho nitro benzene ring substituents is 1. The van der Waals surface area contributed by atoms with E-state index in [1.54, 1.807) is 14.1 Å². The average molecular weight is 262 g/mol. The lowest BCUT2D eigenvalue weighted by molar-refractivity contribution is -0.384. The van der Waals surface area contributed by atoms with Crippen molar-refractivity contribution in [3.8, 4) is 5.75 Å². The molecule has 0 radical (unpaired) electrons. The molecule has 17 heavy (non-hydrogen) atoms. The Morgan fingerprint density at radius 3 is 2.41 bits per heavy atom. The molecule has 0 heterocycles. The number of phosphoric ester groups is 1. The summed E-state index contributed by atoms with van der Waals surface area (Å²) in [7, 11) is -1.54. The minimum Gasteiger partial charge on any atom is -0.402 e. The first-order valence-electron chi connectivity index (χ1n) is 4.41. The molecule has 0 aliphatic carbocycles. The zero-order valence-electron chi connectivity index (χ0n) is 9.10. The van der Waals surface area contributed by atoms with Crippen molar-refractivity contribution in [2.75, 3.05) is 19.0 Å². The van der Waals surface area contributed by atoms with Crippen molar-refractivity contribution in [2.45, 2.75) is 0 Å². The van der Waals surface area contributed by atoms with Crippen LogP contribution in [0.3, 0.4) is 0 Å². The third kappa shape index (κ3) is 3.70. The highest BCUT2D eigenvalue weighted by molar-refractivity contribution is 7.46. The van der Waals surface area contributed by atoms with E-state index >= 15 is 0 Å². The summed E-state index contributed by atoms with van der Waals surface area (Å²) >= 11 is 0. The van der Waals surface area contributed by atoms with Crippen molar-refractivity contribution in [1.29, 1.82) is 0 Å². The van der Waals surface area contributed by atoms with E-state index < -0.39 is 12.7 Å². The van der Waals surface area contributed by atoms with Crippen molar-refractivity contribution < 1.29 is 23.8 Å². The number of hydrogen-bond acceptors (Lipinski definition) is 5. The van der Waals surface area contributed by atoms with E-state index in [1.165, 1.54) is 11.0 Å². The highest BCUT2D eigenvalue weighted by Gasteiger charge is 2.21. The van der Waals surface area contributed by atoms with Gasteiger partial charge in [0.25, 0.3) is 5.69 Å². The van der Waals surface area contributed by atoms with Crippen LogP contribution in [0.25, 0.3) is 0 Å². The van der Waals surface area contributed by atoms with Gasteiger partial charge in [0, 0.05) is 26.2 Å². The van der Waals surface area contributed by atoms with Gasteiger partial charge in [-0.1, -0.05) is 0 Å². The van der Waals surface area contributed by atoms with Crippen molar-refractivity contribution in [1.82, 2.24) is 0 Å². The first-order chi connectivity index (χ1) is 7.70. The summed E-state index contributed by atoms with van der Waals surface area (Å²) in [6, 6.07) is 3.43. The van der Waals surface area contributed by atoms with Crippen LogP contribution >= 0.6 is 7.82 Å². The lowest BCUT2D eigenvalue weighted by Gasteiger charge is -2.17. The second-order valence-corrected chi connectivity index (χ2v) is 4.55. The smallest absolute Gasteiger partial charge is 0.402 e. The van der Waals surface area contributed by atoms with E-state index in [4.69, 9.17) is 9.79 Å². The quantitative estimate of drug-likeness (QED) is 0.475. The van der Waals surface area contributed by atoms with Gasteiger partial charge < -0.3 is 9.42 Å². The molecule has 0 amide bonds. The van der Waals surface area contributed by atoms with Gasteiger partial charge in [0.2, 0.25) is 0 Å². The minimum absolute atomic E-state index is 0.117. The molecule has 1 rings (SSSR count). The summed E-state index contributed by atoms with van der Waals surface area (Å²) in [6.07, 6.45) is 0. The fourth-order valence-electron chi connectivity index (χ4n) is 1.17. The molecular formula is C8H11N2O6P. The molecule has 8 nitrogen and oxygen atoms in total. The average Bonchev–Trinajstić information content (AvgIpc) is 2.14. The molecule has 0 bridgehead atoms. The highest BCUT2D eigenvalue weighted by atomic mass is 31.2. The van der Waals surface area contributed by atoms with E-state index in [0.717, 1.165) is 12.1 Å². The number of benzene rings is 1. The molecule has 1 aromatic rings. The van der Waals surface area contributed by atoms with Gasteiger partial charge in [-0.2, -0.15) is 0 Å². The van der Waals surface area contributed by atoms with Gasteiger partial charge in [0.15, 0.2) is 5.75 Å². The van der Waals surface area contributed by atoms with Crippen LogP contribution in [0.4, 0.5) is 11.4 Å². The van der Waals surface area contributed by atoms with Crippen LogP contribution in [-0.4, -0.2) is 28.8 Å². The van der Waals surface area contributed by atoms with Crippen LogP contribution in [0.5, 0.6) is 5.75 Å². The van der Waals surface area contributed by atoms with Gasteiger partial charge >= 0.3 is 7.82 Å². The third-order valence-electron chi connectivity index (χ3n) is 1.85. The predicted octanol–water partition coefficient (Wildman–Crippen LogP) is 1.13. The van der Waals surface area contributed by atoms with Crippen molar-refractivity contribution >= 4 is 19.2 Å². The van der Waals surface area contributed by atoms with Gasteiger partial charge in [0.1, 0.15) is 0 Å². The van der Waals surface area contributed by atoms with E-state index in [2.05, 4.69) is 4.52 Å². The van der Waals surface area contributed by atoms with Gasteiger partial charge in [-0.3, -0.25) is 19.9 Å². The largest absolute Gasteiger partial charge is 0.524 e. The molecule has 0 saturated heterocycles. The number of hydrogen-bond donors (Lipinski definition) is 2. The van der Waals surface area contributed by atoms with Crippen LogP contribution in [0.2, 0.25) is 0 Å². The zero-order chi connectivity index (χ0) is 13.2. The monoisotopic (exact) mass is 262 g/mol. The van der Waals surface area contributed by atoms with Crippen LogP contribution in [0, 0.1) is 10.1 Å². The summed E-state index contributed by atoms with van der Waals surface area (Å²) in [5.41, 5.74) is 0.0225. The van der Waals surface area contributed by atoms with Crippen LogP contribution in [0.15, 0.2) is 18.2 Å². The molecule has 94 valence electrons. The number of anilines is 1. The molecule has 0 atom stereocenters. The summed E-state index contributed by atoms with van der Waals surface area (Å²) < 4.78 is 15.1. The Morgan fingerprint density at radius 2 is 2.00 bits per heavy atom. The maximum absolute atomic E-state index is 10.7. The minimum atomic E-state index is -4.69. The van der Waals surface area contributed by atoms with E-state index in [0.29, 0.717) is 0 Å². The van der Waals surface area contributed by atoms with Gasteiger partial charge in [0.05, 0.1) is 10.6 Å². The van der Waals surface area contributed by atoms with Crippen molar-refractivity contribution in [2.24, 2.45) is 0 Å². The Kier molecular flexibility index (Phi) is 3.72. The van der Waals surface area contributed by atoms with E-state index in [9.17, 15) is 14.7 Å². The van der Waals surface area contributed by atoms with Gasteiger partial charge in [-0.05, 0) is 6.07 Å². The van der Waals surface area contributed by atoms with Crippen LogP contribution in [0.1, 0.15) is 0 Å². The Balaban J connectivity index is 3.22. The third-order valence-corrected chi connectivity index (χ3v) is 2.29. The first kappa shape index (κ1) is 13.4. The number of nitro groups is 1. The molecule has 9 heteroatoms. The summed E-state index contributed by atoms with van der Waals surface area (Å²) in [5, 5.41) is 10.6. The molecule has 0 saturated carbocycles. The molecule has 0 aromatic heterocycles. The first-order valence-corrected chi connectivity index (χ1v) is 5.94. The van der Waals surface area contributed by atoms with Crippen molar-refractivity contribution in [3.05, 3.63) is 28.3 Å². The molecule has 0 aliphatic heterocycles. The fraction of sp³-hybridized carbons (Fsp3) is 0.250. The standard InChI is InChI=1S/C8H11N2O6P/c1-9(2)7-5-6(10(11)12)3-4-8(7)16-17(13,14)15/h3-5H,1-2H3,(H2,13,14,15). The van der Waals surface area contributed by atoms with Crippen molar-refractivity contribution in [3.63, 3.8) is 0 Å². The number of rotatable bonds is 4. The number of phosphoric acid groups is 1. The second kappa shape index (κ2) is 4.70. The van der Waals surface area contributed by atoms with E-state index in [-0.39, 0.29) is 17.1 Å². The molecule has 2 N–H and O–H groups in total. The maximum atomic E-state index is 10.7.